The Morgan fingerprint density at radius 2 is 1.68 bits per heavy atom. The standard InChI is InChI=1S/C12H15Cl3N4O6/c1-4-8(23-5(2)20)9(24-6(3)21)7(18-19-17)10(22-4)25-11(16)12(13,14)15/h4,7-10,16H,1-3H3. The van der Waals surface area contributed by atoms with E-state index in [1.165, 1.54) is 6.92 Å². The maximum Gasteiger partial charge on any atom is 0.303 e. The van der Waals surface area contributed by atoms with Crippen LogP contribution in [0.5, 0.6) is 0 Å². The molecule has 5 unspecified atom stereocenters. The Morgan fingerprint density at radius 1 is 1.16 bits per heavy atom. The molecule has 0 spiro atoms. The van der Waals surface area contributed by atoms with Gasteiger partial charge in [-0.05, 0) is 12.5 Å². The third kappa shape index (κ3) is 6.09. The van der Waals surface area contributed by atoms with Crippen LogP contribution in [0.15, 0.2) is 5.11 Å². The highest BCUT2D eigenvalue weighted by Gasteiger charge is 2.50. The molecule has 0 amide bonds. The van der Waals surface area contributed by atoms with Crippen LogP contribution in [-0.4, -0.2) is 52.3 Å². The van der Waals surface area contributed by atoms with Gasteiger partial charge in [0.25, 0.3) is 3.79 Å². The third-order valence-electron chi connectivity index (χ3n) is 3.03. The SMILES string of the molecule is CC(=O)OC1C(C)OC(OC(=N)C(Cl)(Cl)Cl)C(N=[N+]=[N-])C1OC(C)=O. The molecule has 0 aromatic heterocycles. The van der Waals surface area contributed by atoms with Crippen LogP contribution in [0, 0.1) is 5.41 Å². The van der Waals surface area contributed by atoms with E-state index in [0.717, 1.165) is 13.8 Å². The predicted molar refractivity (Wildman–Crippen MR) is 87.5 cm³/mol. The lowest BCUT2D eigenvalue weighted by Crippen LogP contribution is -2.59. The number of alkyl halides is 3. The van der Waals surface area contributed by atoms with Crippen LogP contribution in [0.4, 0.5) is 0 Å². The van der Waals surface area contributed by atoms with Crippen molar-refractivity contribution >= 4 is 52.6 Å². The van der Waals surface area contributed by atoms with Crippen molar-refractivity contribution in [2.24, 2.45) is 5.11 Å². The van der Waals surface area contributed by atoms with Gasteiger partial charge in [0.2, 0.25) is 12.2 Å². The van der Waals surface area contributed by atoms with Gasteiger partial charge in [0, 0.05) is 18.8 Å². The van der Waals surface area contributed by atoms with E-state index in [1.807, 2.05) is 0 Å². The second kappa shape index (κ2) is 8.77. The Morgan fingerprint density at radius 3 is 2.12 bits per heavy atom. The molecule has 13 heteroatoms. The van der Waals surface area contributed by atoms with Crippen molar-refractivity contribution < 1.29 is 28.5 Å². The lowest BCUT2D eigenvalue weighted by Gasteiger charge is -2.42. The number of esters is 2. The van der Waals surface area contributed by atoms with E-state index in [2.05, 4.69) is 10.0 Å². The zero-order valence-electron chi connectivity index (χ0n) is 13.3. The van der Waals surface area contributed by atoms with Crippen molar-refractivity contribution in [1.29, 1.82) is 5.41 Å². The first-order valence-corrected chi connectivity index (χ1v) is 7.97. The number of hydrogen-bond donors (Lipinski definition) is 1. The largest absolute Gasteiger partial charge is 0.458 e. The highest BCUT2D eigenvalue weighted by molar-refractivity contribution is 6.76. The number of rotatable bonds is 4. The second-order valence-corrected chi connectivity index (χ2v) is 7.28. The summed E-state index contributed by atoms with van der Waals surface area (Å²) in [6.07, 6.45) is -4.55. The number of azide groups is 1. The maximum absolute atomic E-state index is 11.4. The fourth-order valence-corrected chi connectivity index (χ4v) is 2.26. The molecule has 1 fully saturated rings. The summed E-state index contributed by atoms with van der Waals surface area (Å²) in [5.41, 5.74) is 8.78. The summed E-state index contributed by atoms with van der Waals surface area (Å²) in [6.45, 7) is 3.78. The summed E-state index contributed by atoms with van der Waals surface area (Å²) in [4.78, 5) is 25.3. The Balaban J connectivity index is 3.19. The maximum atomic E-state index is 11.4. The molecular weight excluding hydrogens is 403 g/mol. The lowest BCUT2D eigenvalue weighted by atomic mass is 9.97. The summed E-state index contributed by atoms with van der Waals surface area (Å²) in [6, 6.07) is -1.30. The molecule has 1 aliphatic heterocycles. The minimum atomic E-state index is -2.18. The number of halogens is 3. The second-order valence-electron chi connectivity index (χ2n) is 5.00. The molecule has 1 saturated heterocycles. The summed E-state index contributed by atoms with van der Waals surface area (Å²) in [7, 11) is 0. The third-order valence-corrected chi connectivity index (χ3v) is 3.55. The molecule has 0 aliphatic carbocycles. The van der Waals surface area contributed by atoms with E-state index in [9.17, 15) is 9.59 Å². The molecule has 0 saturated carbocycles. The number of carbonyl (C=O) groups excluding carboxylic acids is 2. The van der Waals surface area contributed by atoms with E-state index in [0.29, 0.717) is 0 Å². The molecule has 1 rings (SSSR count). The average Bonchev–Trinajstić information content (AvgIpc) is 2.45. The number of carbonyl (C=O) groups is 2. The van der Waals surface area contributed by atoms with Crippen molar-refractivity contribution in [3.05, 3.63) is 10.4 Å². The fraction of sp³-hybridized carbons (Fsp3) is 0.750. The first-order valence-electron chi connectivity index (χ1n) is 6.83. The summed E-state index contributed by atoms with van der Waals surface area (Å²) >= 11 is 16.6. The Hall–Kier alpha value is -1.45. The normalized spacial score (nSPS) is 29.1. The Labute approximate surface area is 157 Å². The molecule has 1 aliphatic rings. The molecule has 0 bridgehead atoms. The van der Waals surface area contributed by atoms with Crippen LogP contribution in [0.2, 0.25) is 0 Å². The smallest absolute Gasteiger partial charge is 0.303 e. The quantitative estimate of drug-likeness (QED) is 0.142. The zero-order valence-corrected chi connectivity index (χ0v) is 15.6. The van der Waals surface area contributed by atoms with Gasteiger partial charge < -0.3 is 18.9 Å². The molecule has 0 radical (unpaired) electrons. The van der Waals surface area contributed by atoms with Crippen LogP contribution in [-0.2, 0) is 28.5 Å². The van der Waals surface area contributed by atoms with E-state index >= 15 is 0 Å². The van der Waals surface area contributed by atoms with Crippen molar-refractivity contribution in [1.82, 2.24) is 0 Å². The van der Waals surface area contributed by atoms with Crippen molar-refractivity contribution in [2.75, 3.05) is 0 Å². The van der Waals surface area contributed by atoms with Crippen LogP contribution < -0.4 is 0 Å². The van der Waals surface area contributed by atoms with Gasteiger partial charge >= 0.3 is 11.9 Å². The number of nitrogens with one attached hydrogen (secondary N) is 1. The van der Waals surface area contributed by atoms with E-state index in [1.54, 1.807) is 0 Å². The fourth-order valence-electron chi connectivity index (χ4n) is 2.13. The first kappa shape index (κ1) is 21.6. The molecule has 10 nitrogen and oxygen atoms in total. The molecule has 0 aromatic rings. The molecule has 1 N–H and O–H groups in total. The van der Waals surface area contributed by atoms with Crippen LogP contribution in [0.3, 0.4) is 0 Å². The van der Waals surface area contributed by atoms with E-state index < -0.39 is 52.3 Å². The van der Waals surface area contributed by atoms with Crippen molar-refractivity contribution in [3.8, 4) is 0 Å². The lowest BCUT2D eigenvalue weighted by molar-refractivity contribution is -0.245. The molecular formula is C12H15Cl3N4O6. The van der Waals surface area contributed by atoms with Gasteiger partial charge in [0.05, 0.1) is 6.10 Å². The number of ether oxygens (including phenoxy) is 4. The summed E-state index contributed by atoms with van der Waals surface area (Å²) in [5.74, 6) is -2.17. The monoisotopic (exact) mass is 416 g/mol. The molecule has 1 heterocycles. The van der Waals surface area contributed by atoms with Crippen molar-refractivity contribution in [3.63, 3.8) is 0 Å². The number of nitrogens with zero attached hydrogens (tertiary/aromatic N) is 3. The van der Waals surface area contributed by atoms with Crippen molar-refractivity contribution in [2.45, 2.75) is 55.2 Å². The average molecular weight is 418 g/mol. The van der Waals surface area contributed by atoms with Gasteiger partial charge in [-0.2, -0.15) is 0 Å². The predicted octanol–water partition coefficient (Wildman–Crippen LogP) is 2.64. The van der Waals surface area contributed by atoms with Crippen LogP contribution >= 0.6 is 34.8 Å². The van der Waals surface area contributed by atoms with Gasteiger partial charge in [-0.25, -0.2) is 0 Å². The Bertz CT molecular complexity index is 592. The van der Waals surface area contributed by atoms with E-state index in [-0.39, 0.29) is 0 Å². The van der Waals surface area contributed by atoms with Gasteiger partial charge in [-0.3, -0.25) is 15.0 Å². The van der Waals surface area contributed by atoms with Gasteiger partial charge in [-0.15, -0.1) is 0 Å². The van der Waals surface area contributed by atoms with Gasteiger partial charge in [-0.1, -0.05) is 39.9 Å². The molecule has 5 atom stereocenters. The first-order chi connectivity index (χ1) is 11.5. The zero-order chi connectivity index (χ0) is 19.4. The van der Waals surface area contributed by atoms with Gasteiger partial charge in [0.15, 0.2) is 12.2 Å². The topological polar surface area (TPSA) is 144 Å². The van der Waals surface area contributed by atoms with Crippen LogP contribution in [0.25, 0.3) is 10.4 Å². The highest BCUT2D eigenvalue weighted by Crippen LogP contribution is 2.33. The number of hydrogen-bond acceptors (Lipinski definition) is 8. The minimum absolute atomic E-state index is 0.661. The Kier molecular flexibility index (Phi) is 7.58. The van der Waals surface area contributed by atoms with E-state index in [4.69, 9.17) is 64.7 Å². The highest BCUT2D eigenvalue weighted by atomic mass is 35.6. The van der Waals surface area contributed by atoms with Gasteiger partial charge in [0.1, 0.15) is 6.04 Å². The minimum Gasteiger partial charge on any atom is -0.458 e. The molecule has 140 valence electrons. The van der Waals surface area contributed by atoms with Crippen LogP contribution in [0.1, 0.15) is 20.8 Å². The summed E-state index contributed by atoms with van der Waals surface area (Å²) in [5, 5.41) is 11.1. The summed E-state index contributed by atoms with van der Waals surface area (Å²) < 4.78 is 18.6. The molecule has 0 aromatic carbocycles. The molecule has 25 heavy (non-hydrogen) atoms.